The Balaban J connectivity index is 1.75. The van der Waals surface area contributed by atoms with Gasteiger partial charge in [-0.1, -0.05) is 22.0 Å². The van der Waals surface area contributed by atoms with Gasteiger partial charge in [-0.25, -0.2) is 4.98 Å². The SMILES string of the molecule is CCNc1cccc(NCc2cc(Br)cc3c2OCC3)n1. The maximum atomic E-state index is 5.74. The van der Waals surface area contributed by atoms with Crippen molar-refractivity contribution in [3.05, 3.63) is 45.9 Å². The minimum atomic E-state index is 0.699. The number of nitrogens with one attached hydrogen (secondary N) is 2. The van der Waals surface area contributed by atoms with E-state index in [0.717, 1.165) is 47.0 Å². The van der Waals surface area contributed by atoms with Gasteiger partial charge in [-0.05, 0) is 36.8 Å². The second-order valence-electron chi connectivity index (χ2n) is 4.94. The van der Waals surface area contributed by atoms with Gasteiger partial charge in [-0.2, -0.15) is 0 Å². The lowest BCUT2D eigenvalue weighted by Crippen LogP contribution is -2.05. The Morgan fingerprint density at radius 3 is 2.86 bits per heavy atom. The van der Waals surface area contributed by atoms with Gasteiger partial charge in [0.1, 0.15) is 17.4 Å². The molecule has 1 aliphatic rings. The number of ether oxygens (including phenoxy) is 1. The van der Waals surface area contributed by atoms with Crippen LogP contribution in [0, 0.1) is 0 Å². The second kappa shape index (κ2) is 6.35. The molecule has 0 fully saturated rings. The molecule has 1 aromatic heterocycles. The van der Waals surface area contributed by atoms with E-state index >= 15 is 0 Å². The number of rotatable bonds is 5. The van der Waals surface area contributed by atoms with Crippen LogP contribution in [0.2, 0.25) is 0 Å². The number of benzene rings is 1. The van der Waals surface area contributed by atoms with Gasteiger partial charge in [0.2, 0.25) is 0 Å². The molecule has 5 heteroatoms. The van der Waals surface area contributed by atoms with Crippen LogP contribution in [0.4, 0.5) is 11.6 Å². The minimum absolute atomic E-state index is 0.699. The molecule has 0 radical (unpaired) electrons. The third-order valence-corrected chi connectivity index (χ3v) is 3.85. The van der Waals surface area contributed by atoms with E-state index in [1.54, 1.807) is 0 Å². The second-order valence-corrected chi connectivity index (χ2v) is 5.86. The first-order chi connectivity index (χ1) is 10.3. The van der Waals surface area contributed by atoms with E-state index in [1.165, 1.54) is 5.56 Å². The molecule has 3 rings (SSSR count). The van der Waals surface area contributed by atoms with Crippen molar-refractivity contribution in [1.82, 2.24) is 4.98 Å². The quantitative estimate of drug-likeness (QED) is 0.862. The molecular weight excluding hydrogens is 330 g/mol. The van der Waals surface area contributed by atoms with Crippen LogP contribution in [-0.2, 0) is 13.0 Å². The molecule has 0 unspecified atom stereocenters. The highest BCUT2D eigenvalue weighted by molar-refractivity contribution is 9.10. The van der Waals surface area contributed by atoms with Gasteiger partial charge in [-0.15, -0.1) is 0 Å². The largest absolute Gasteiger partial charge is 0.493 e. The Labute approximate surface area is 133 Å². The Bertz CT molecular complexity index is 645. The first-order valence-corrected chi connectivity index (χ1v) is 7.94. The summed E-state index contributed by atoms with van der Waals surface area (Å²) in [4.78, 5) is 4.52. The summed E-state index contributed by atoms with van der Waals surface area (Å²) < 4.78 is 6.84. The maximum Gasteiger partial charge on any atom is 0.128 e. The zero-order valence-corrected chi connectivity index (χ0v) is 13.5. The van der Waals surface area contributed by atoms with E-state index in [-0.39, 0.29) is 0 Å². The fourth-order valence-electron chi connectivity index (χ4n) is 2.48. The highest BCUT2D eigenvalue weighted by Gasteiger charge is 2.17. The molecule has 0 saturated carbocycles. The monoisotopic (exact) mass is 347 g/mol. The predicted octanol–water partition coefficient (Wildman–Crippen LogP) is 3.82. The van der Waals surface area contributed by atoms with Crippen LogP contribution >= 0.6 is 15.9 Å². The standard InChI is InChI=1S/C16H18BrN3O/c1-2-18-14-4-3-5-15(20-14)19-10-12-9-13(17)8-11-6-7-21-16(11)12/h3-5,8-9H,2,6-7,10H2,1H3,(H2,18,19,20). The molecule has 0 spiro atoms. The topological polar surface area (TPSA) is 46.2 Å². The summed E-state index contributed by atoms with van der Waals surface area (Å²) in [5.41, 5.74) is 2.43. The van der Waals surface area contributed by atoms with Gasteiger partial charge in [0, 0.05) is 29.5 Å². The van der Waals surface area contributed by atoms with E-state index in [9.17, 15) is 0 Å². The molecular formula is C16H18BrN3O. The molecule has 0 atom stereocenters. The number of halogens is 1. The van der Waals surface area contributed by atoms with Crippen LogP contribution in [0.15, 0.2) is 34.8 Å². The lowest BCUT2D eigenvalue weighted by Gasteiger charge is -2.11. The molecule has 2 heterocycles. The zero-order valence-electron chi connectivity index (χ0n) is 11.9. The highest BCUT2D eigenvalue weighted by Crippen LogP contribution is 2.33. The van der Waals surface area contributed by atoms with Gasteiger partial charge in [0.15, 0.2) is 0 Å². The summed E-state index contributed by atoms with van der Waals surface area (Å²) in [6.45, 7) is 4.39. The first kappa shape index (κ1) is 14.2. The van der Waals surface area contributed by atoms with Crippen LogP contribution in [0.5, 0.6) is 5.75 Å². The van der Waals surface area contributed by atoms with Crippen molar-refractivity contribution in [3.8, 4) is 5.75 Å². The number of nitrogens with zero attached hydrogens (tertiary/aromatic N) is 1. The van der Waals surface area contributed by atoms with Crippen molar-refractivity contribution < 1.29 is 4.74 Å². The number of aromatic nitrogens is 1. The van der Waals surface area contributed by atoms with E-state index in [1.807, 2.05) is 18.2 Å². The fourth-order valence-corrected chi connectivity index (χ4v) is 3.03. The van der Waals surface area contributed by atoms with Crippen molar-refractivity contribution in [3.63, 3.8) is 0 Å². The third-order valence-electron chi connectivity index (χ3n) is 3.39. The predicted molar refractivity (Wildman–Crippen MR) is 89.1 cm³/mol. The van der Waals surface area contributed by atoms with E-state index in [0.29, 0.717) is 6.54 Å². The number of hydrogen-bond donors (Lipinski definition) is 2. The summed E-state index contributed by atoms with van der Waals surface area (Å²) in [7, 11) is 0. The average molecular weight is 348 g/mol. The number of pyridine rings is 1. The Morgan fingerprint density at radius 1 is 1.24 bits per heavy atom. The lowest BCUT2D eigenvalue weighted by molar-refractivity contribution is 0.354. The molecule has 110 valence electrons. The smallest absolute Gasteiger partial charge is 0.128 e. The van der Waals surface area contributed by atoms with Crippen LogP contribution in [0.3, 0.4) is 0 Å². The maximum absolute atomic E-state index is 5.74. The minimum Gasteiger partial charge on any atom is -0.493 e. The fraction of sp³-hybridized carbons (Fsp3) is 0.312. The highest BCUT2D eigenvalue weighted by atomic mass is 79.9. The molecule has 2 aromatic rings. The molecule has 1 aliphatic heterocycles. The van der Waals surface area contributed by atoms with Crippen molar-refractivity contribution >= 4 is 27.6 Å². The molecule has 0 bridgehead atoms. The van der Waals surface area contributed by atoms with Crippen molar-refractivity contribution in [2.24, 2.45) is 0 Å². The zero-order chi connectivity index (χ0) is 14.7. The lowest BCUT2D eigenvalue weighted by atomic mass is 10.1. The van der Waals surface area contributed by atoms with Gasteiger partial charge in [-0.3, -0.25) is 0 Å². The average Bonchev–Trinajstić information content (AvgIpc) is 2.93. The van der Waals surface area contributed by atoms with Crippen LogP contribution < -0.4 is 15.4 Å². The van der Waals surface area contributed by atoms with E-state index in [2.05, 4.69) is 50.6 Å². The number of anilines is 2. The summed E-state index contributed by atoms with van der Waals surface area (Å²) in [6.07, 6.45) is 0.982. The Kier molecular flexibility index (Phi) is 4.29. The molecule has 21 heavy (non-hydrogen) atoms. The van der Waals surface area contributed by atoms with Crippen molar-refractivity contribution in [1.29, 1.82) is 0 Å². The number of hydrogen-bond acceptors (Lipinski definition) is 4. The summed E-state index contributed by atoms with van der Waals surface area (Å²) in [6, 6.07) is 10.2. The Morgan fingerprint density at radius 2 is 2.05 bits per heavy atom. The normalized spacial score (nSPS) is 12.7. The van der Waals surface area contributed by atoms with Gasteiger partial charge < -0.3 is 15.4 Å². The third kappa shape index (κ3) is 3.29. The van der Waals surface area contributed by atoms with Crippen molar-refractivity contribution in [2.45, 2.75) is 19.9 Å². The molecule has 1 aromatic carbocycles. The first-order valence-electron chi connectivity index (χ1n) is 7.15. The van der Waals surface area contributed by atoms with Gasteiger partial charge in [0.05, 0.1) is 6.61 Å². The molecule has 4 nitrogen and oxygen atoms in total. The molecule has 0 saturated heterocycles. The number of fused-ring (bicyclic) bond motifs is 1. The summed E-state index contributed by atoms with van der Waals surface area (Å²) in [5.74, 6) is 2.77. The molecule has 2 N–H and O–H groups in total. The van der Waals surface area contributed by atoms with Gasteiger partial charge >= 0.3 is 0 Å². The Hall–Kier alpha value is -1.75. The summed E-state index contributed by atoms with van der Waals surface area (Å²) >= 11 is 3.57. The van der Waals surface area contributed by atoms with E-state index < -0.39 is 0 Å². The van der Waals surface area contributed by atoms with Crippen LogP contribution in [-0.4, -0.2) is 18.1 Å². The van der Waals surface area contributed by atoms with Crippen LogP contribution in [0.1, 0.15) is 18.1 Å². The van der Waals surface area contributed by atoms with Crippen LogP contribution in [0.25, 0.3) is 0 Å². The van der Waals surface area contributed by atoms with E-state index in [4.69, 9.17) is 4.74 Å². The molecule has 0 amide bonds. The van der Waals surface area contributed by atoms with Crippen molar-refractivity contribution in [2.75, 3.05) is 23.8 Å². The summed E-state index contributed by atoms with van der Waals surface area (Å²) in [5, 5.41) is 6.58. The molecule has 0 aliphatic carbocycles. The van der Waals surface area contributed by atoms with Gasteiger partial charge in [0.25, 0.3) is 0 Å².